The highest BCUT2D eigenvalue weighted by atomic mass is 15.4. The molecule has 5 heteroatoms. The molecule has 23 heavy (non-hydrogen) atoms. The maximum absolute atomic E-state index is 4.60. The number of aryl methyl sites for hydroxylation is 1. The van der Waals surface area contributed by atoms with Crippen LogP contribution in [-0.4, -0.2) is 26.4 Å². The fourth-order valence-electron chi connectivity index (χ4n) is 3.66. The van der Waals surface area contributed by atoms with E-state index < -0.39 is 0 Å². The summed E-state index contributed by atoms with van der Waals surface area (Å²) >= 11 is 0. The number of hydrogen-bond acceptors (Lipinski definition) is 4. The van der Waals surface area contributed by atoms with Gasteiger partial charge in [-0.3, -0.25) is 0 Å². The number of rotatable bonds is 4. The highest BCUT2D eigenvalue weighted by Gasteiger charge is 2.35. The molecule has 1 saturated carbocycles. The molecule has 118 valence electrons. The summed E-state index contributed by atoms with van der Waals surface area (Å²) < 4.78 is 1.78. The number of nitrogens with zero attached hydrogens (tertiary/aromatic N) is 4. The molecule has 4 rings (SSSR count). The average molecular weight is 307 g/mol. The molecule has 1 fully saturated rings. The van der Waals surface area contributed by atoms with Gasteiger partial charge in [0, 0.05) is 12.0 Å². The maximum Gasteiger partial charge on any atom is 0.178 e. The summed E-state index contributed by atoms with van der Waals surface area (Å²) in [7, 11) is 0. The quantitative estimate of drug-likeness (QED) is 0.803. The molecule has 1 N–H and O–H groups in total. The Balaban J connectivity index is 1.59. The first-order chi connectivity index (χ1) is 11.3. The zero-order valence-corrected chi connectivity index (χ0v) is 13.4. The molecule has 5 nitrogen and oxygen atoms in total. The van der Waals surface area contributed by atoms with Gasteiger partial charge in [0.25, 0.3) is 0 Å². The lowest BCUT2D eigenvalue weighted by molar-refractivity contribution is 0.466. The minimum atomic E-state index is 0.222. The van der Waals surface area contributed by atoms with Crippen molar-refractivity contribution in [2.24, 2.45) is 0 Å². The van der Waals surface area contributed by atoms with Crippen LogP contribution < -0.4 is 5.32 Å². The van der Waals surface area contributed by atoms with Crippen molar-refractivity contribution in [3.63, 3.8) is 0 Å². The van der Waals surface area contributed by atoms with Gasteiger partial charge in [0.2, 0.25) is 0 Å². The van der Waals surface area contributed by atoms with E-state index in [1.807, 2.05) is 19.1 Å². The van der Waals surface area contributed by atoms with E-state index in [4.69, 9.17) is 0 Å². The predicted molar refractivity (Wildman–Crippen MR) is 90.6 cm³/mol. The third kappa shape index (κ3) is 2.56. The summed E-state index contributed by atoms with van der Waals surface area (Å²) in [5.41, 5.74) is 2.44. The predicted octanol–water partition coefficient (Wildman–Crippen LogP) is 3.36. The average Bonchev–Trinajstić information content (AvgIpc) is 3.22. The molecule has 0 aliphatic heterocycles. The molecule has 1 aliphatic rings. The summed E-state index contributed by atoms with van der Waals surface area (Å²) in [5.74, 6) is 1.69. The molecule has 0 amide bonds. The van der Waals surface area contributed by atoms with E-state index in [0.29, 0.717) is 0 Å². The Hall–Kier alpha value is -2.43. The third-order valence-corrected chi connectivity index (χ3v) is 4.97. The highest BCUT2D eigenvalue weighted by molar-refractivity contribution is 5.44. The Kier molecular flexibility index (Phi) is 3.48. The van der Waals surface area contributed by atoms with Crippen LogP contribution in [0.15, 0.2) is 42.5 Å². The van der Waals surface area contributed by atoms with Crippen LogP contribution in [0.4, 0.5) is 5.82 Å². The van der Waals surface area contributed by atoms with Crippen LogP contribution in [0.5, 0.6) is 0 Å². The number of nitrogens with one attached hydrogen (secondary N) is 1. The smallest absolute Gasteiger partial charge is 0.178 e. The van der Waals surface area contributed by atoms with Gasteiger partial charge in [-0.25, -0.2) is 0 Å². The molecule has 3 aromatic rings. The van der Waals surface area contributed by atoms with Crippen LogP contribution in [0.3, 0.4) is 0 Å². The van der Waals surface area contributed by atoms with Gasteiger partial charge in [0.1, 0.15) is 5.82 Å². The van der Waals surface area contributed by atoms with Crippen molar-refractivity contribution >= 4 is 11.5 Å². The minimum Gasteiger partial charge on any atom is -0.368 e. The normalized spacial score (nSPS) is 16.7. The second-order valence-corrected chi connectivity index (χ2v) is 6.44. The maximum atomic E-state index is 4.60. The van der Waals surface area contributed by atoms with Gasteiger partial charge in [-0.2, -0.15) is 4.52 Å². The fourth-order valence-corrected chi connectivity index (χ4v) is 3.66. The first-order valence-electron chi connectivity index (χ1n) is 8.25. The standard InChI is InChI=1S/C18H21N5/c1-14-20-21-17-10-9-16(22-23(14)17)19-13-18(11-5-6-12-18)15-7-3-2-4-8-15/h2-4,7-10H,5-6,11-13H2,1H3,(H,19,22). The molecule has 0 radical (unpaired) electrons. The molecule has 1 aromatic carbocycles. The van der Waals surface area contributed by atoms with E-state index in [9.17, 15) is 0 Å². The second-order valence-electron chi connectivity index (χ2n) is 6.44. The first-order valence-corrected chi connectivity index (χ1v) is 8.25. The van der Waals surface area contributed by atoms with Crippen LogP contribution >= 0.6 is 0 Å². The lowest BCUT2D eigenvalue weighted by Crippen LogP contribution is -2.31. The Labute approximate surface area is 135 Å². The molecular weight excluding hydrogens is 286 g/mol. The zero-order chi connectivity index (χ0) is 15.7. The summed E-state index contributed by atoms with van der Waals surface area (Å²) in [4.78, 5) is 0. The van der Waals surface area contributed by atoms with Crippen LogP contribution in [-0.2, 0) is 5.41 Å². The molecule has 2 heterocycles. The molecule has 0 saturated heterocycles. The Morgan fingerprint density at radius 2 is 1.83 bits per heavy atom. The topological polar surface area (TPSA) is 55.1 Å². The summed E-state index contributed by atoms with van der Waals surface area (Å²) in [6.07, 6.45) is 5.07. The van der Waals surface area contributed by atoms with Gasteiger partial charge in [-0.15, -0.1) is 15.3 Å². The summed E-state index contributed by atoms with van der Waals surface area (Å²) in [5, 5.41) is 16.3. The van der Waals surface area contributed by atoms with Gasteiger partial charge < -0.3 is 5.32 Å². The summed E-state index contributed by atoms with van der Waals surface area (Å²) in [6, 6.07) is 14.8. The van der Waals surface area contributed by atoms with Gasteiger partial charge in [0.05, 0.1) is 0 Å². The number of hydrogen-bond donors (Lipinski definition) is 1. The highest BCUT2D eigenvalue weighted by Crippen LogP contribution is 2.41. The van der Waals surface area contributed by atoms with Crippen molar-refractivity contribution in [3.8, 4) is 0 Å². The number of fused-ring (bicyclic) bond motifs is 1. The Morgan fingerprint density at radius 3 is 2.61 bits per heavy atom. The SMILES string of the molecule is Cc1nnc2ccc(NCC3(c4ccccc4)CCCC3)nn12. The monoisotopic (exact) mass is 307 g/mol. The van der Waals surface area contributed by atoms with Crippen molar-refractivity contribution in [1.82, 2.24) is 19.8 Å². The van der Waals surface area contributed by atoms with Crippen LogP contribution in [0, 0.1) is 6.92 Å². The number of anilines is 1. The zero-order valence-electron chi connectivity index (χ0n) is 13.4. The molecule has 1 aliphatic carbocycles. The lowest BCUT2D eigenvalue weighted by Gasteiger charge is -2.30. The van der Waals surface area contributed by atoms with Gasteiger partial charge >= 0.3 is 0 Å². The lowest BCUT2D eigenvalue weighted by atomic mass is 9.79. The second kappa shape index (κ2) is 5.65. The van der Waals surface area contributed by atoms with E-state index in [2.05, 4.69) is 50.9 Å². The van der Waals surface area contributed by atoms with Gasteiger partial charge in [0.15, 0.2) is 11.5 Å². The largest absolute Gasteiger partial charge is 0.368 e. The molecule has 0 atom stereocenters. The Morgan fingerprint density at radius 1 is 1.04 bits per heavy atom. The van der Waals surface area contributed by atoms with Crippen molar-refractivity contribution in [2.45, 2.75) is 38.0 Å². The number of benzene rings is 1. The van der Waals surface area contributed by atoms with Crippen LogP contribution in [0.1, 0.15) is 37.1 Å². The molecule has 0 unspecified atom stereocenters. The van der Waals surface area contributed by atoms with E-state index in [1.165, 1.54) is 31.2 Å². The fraction of sp³-hybridized carbons (Fsp3) is 0.389. The first kappa shape index (κ1) is 14.2. The van der Waals surface area contributed by atoms with E-state index in [0.717, 1.165) is 23.8 Å². The van der Waals surface area contributed by atoms with Crippen LogP contribution in [0.2, 0.25) is 0 Å². The van der Waals surface area contributed by atoms with E-state index in [-0.39, 0.29) is 5.41 Å². The number of aromatic nitrogens is 4. The van der Waals surface area contributed by atoms with Crippen molar-refractivity contribution < 1.29 is 0 Å². The van der Waals surface area contributed by atoms with Crippen molar-refractivity contribution in [2.75, 3.05) is 11.9 Å². The molecule has 2 aromatic heterocycles. The molecular formula is C18H21N5. The summed E-state index contributed by atoms with van der Waals surface area (Å²) in [6.45, 7) is 2.83. The molecule has 0 bridgehead atoms. The third-order valence-electron chi connectivity index (χ3n) is 4.97. The van der Waals surface area contributed by atoms with E-state index in [1.54, 1.807) is 4.52 Å². The van der Waals surface area contributed by atoms with Gasteiger partial charge in [-0.05, 0) is 37.5 Å². The van der Waals surface area contributed by atoms with Crippen LogP contribution in [0.25, 0.3) is 5.65 Å². The van der Waals surface area contributed by atoms with Crippen molar-refractivity contribution in [3.05, 3.63) is 53.9 Å². The molecule has 0 spiro atoms. The van der Waals surface area contributed by atoms with E-state index >= 15 is 0 Å². The minimum absolute atomic E-state index is 0.222. The van der Waals surface area contributed by atoms with Crippen molar-refractivity contribution in [1.29, 1.82) is 0 Å². The Bertz CT molecular complexity index is 803. The van der Waals surface area contributed by atoms with Gasteiger partial charge in [-0.1, -0.05) is 43.2 Å².